The lowest BCUT2D eigenvalue weighted by atomic mass is 10.5. The van der Waals surface area contributed by atoms with E-state index in [4.69, 9.17) is 9.84 Å². The van der Waals surface area contributed by atoms with Gasteiger partial charge in [-0.3, -0.25) is 0 Å². The van der Waals surface area contributed by atoms with Gasteiger partial charge in [-0.1, -0.05) is 0 Å². The van der Waals surface area contributed by atoms with Gasteiger partial charge in [-0.25, -0.2) is 14.8 Å². The molecule has 1 rings (SSSR count). The minimum Gasteiger partial charge on any atom is -0.480 e. The van der Waals surface area contributed by atoms with Crippen LogP contribution in [-0.4, -0.2) is 28.2 Å². The van der Waals surface area contributed by atoms with Crippen LogP contribution in [0.5, 0.6) is 5.88 Å². The lowest BCUT2D eigenvalue weighted by molar-refractivity contribution is 0.0687. The summed E-state index contributed by atoms with van der Waals surface area (Å²) in [7, 11) is 1.41. The van der Waals surface area contributed by atoms with Crippen LogP contribution >= 0.6 is 22.6 Å². The number of methoxy groups -OCH3 is 1. The van der Waals surface area contributed by atoms with E-state index in [2.05, 4.69) is 9.97 Å². The predicted molar refractivity (Wildman–Crippen MR) is 48.3 cm³/mol. The van der Waals surface area contributed by atoms with Crippen molar-refractivity contribution >= 4 is 28.6 Å². The van der Waals surface area contributed by atoms with Crippen LogP contribution in [0.4, 0.5) is 0 Å². The molecule has 5 nitrogen and oxygen atoms in total. The molecule has 0 aromatic carbocycles. The monoisotopic (exact) mass is 280 g/mol. The second kappa shape index (κ2) is 3.65. The van der Waals surface area contributed by atoms with E-state index in [9.17, 15) is 4.79 Å². The molecule has 64 valence electrons. The number of nitrogens with zero attached hydrogens (tertiary/aromatic N) is 2. The number of rotatable bonds is 2. The molecular weight excluding hydrogens is 275 g/mol. The van der Waals surface area contributed by atoms with Crippen LogP contribution < -0.4 is 4.74 Å². The summed E-state index contributed by atoms with van der Waals surface area (Å²) in [4.78, 5) is 18.0. The third-order valence-electron chi connectivity index (χ3n) is 1.12. The van der Waals surface area contributed by atoms with Gasteiger partial charge in [0.05, 0.1) is 13.3 Å². The Hall–Kier alpha value is -0.920. The van der Waals surface area contributed by atoms with Crippen molar-refractivity contribution in [2.75, 3.05) is 7.11 Å². The van der Waals surface area contributed by atoms with Crippen LogP contribution in [-0.2, 0) is 0 Å². The Bertz CT molecular complexity index is 316. The largest absolute Gasteiger partial charge is 0.480 e. The third kappa shape index (κ3) is 1.81. The number of aromatic carboxylic acids is 1. The Labute approximate surface area is 81.9 Å². The van der Waals surface area contributed by atoms with Crippen molar-refractivity contribution in [3.05, 3.63) is 15.6 Å². The standard InChI is InChI=1S/C6H5IN2O3/c1-12-3-2-8-5(7)4(9-3)6(10)11/h2H,1H3,(H,10,11). The first-order valence-corrected chi connectivity index (χ1v) is 4.03. The van der Waals surface area contributed by atoms with E-state index in [-0.39, 0.29) is 11.6 Å². The van der Waals surface area contributed by atoms with Crippen molar-refractivity contribution < 1.29 is 14.6 Å². The quantitative estimate of drug-likeness (QED) is 0.811. The second-order valence-corrected chi connectivity index (χ2v) is 2.88. The minimum absolute atomic E-state index is 0.0880. The van der Waals surface area contributed by atoms with Gasteiger partial charge in [0.2, 0.25) is 5.88 Å². The van der Waals surface area contributed by atoms with Crippen LogP contribution in [0, 0.1) is 3.70 Å². The van der Waals surface area contributed by atoms with E-state index < -0.39 is 5.97 Å². The van der Waals surface area contributed by atoms with Gasteiger partial charge in [0, 0.05) is 0 Å². The Morgan fingerprint density at radius 2 is 2.42 bits per heavy atom. The summed E-state index contributed by atoms with van der Waals surface area (Å²) in [6.45, 7) is 0. The highest BCUT2D eigenvalue weighted by Crippen LogP contribution is 2.11. The molecular formula is C6H5IN2O3. The SMILES string of the molecule is COc1cnc(I)c(C(=O)O)n1. The summed E-state index contributed by atoms with van der Waals surface area (Å²) < 4.78 is 5.07. The Balaban J connectivity index is 3.17. The Morgan fingerprint density at radius 3 is 2.92 bits per heavy atom. The maximum absolute atomic E-state index is 10.5. The van der Waals surface area contributed by atoms with E-state index in [1.54, 1.807) is 22.6 Å². The van der Waals surface area contributed by atoms with Gasteiger partial charge in [-0.2, -0.15) is 0 Å². The van der Waals surface area contributed by atoms with Crippen molar-refractivity contribution in [3.8, 4) is 5.88 Å². The molecule has 0 atom stereocenters. The zero-order valence-electron chi connectivity index (χ0n) is 6.11. The fourth-order valence-corrected chi connectivity index (χ4v) is 1.08. The van der Waals surface area contributed by atoms with Gasteiger partial charge in [0.15, 0.2) is 5.69 Å². The van der Waals surface area contributed by atoms with Crippen molar-refractivity contribution in [2.45, 2.75) is 0 Å². The summed E-state index contributed by atoms with van der Waals surface area (Å²) in [5, 5.41) is 8.62. The minimum atomic E-state index is -1.11. The van der Waals surface area contributed by atoms with Crippen LogP contribution in [0.1, 0.15) is 10.5 Å². The van der Waals surface area contributed by atoms with Crippen molar-refractivity contribution in [1.29, 1.82) is 0 Å². The summed E-state index contributed by atoms with van der Waals surface area (Å²) in [6, 6.07) is 0. The van der Waals surface area contributed by atoms with Crippen LogP contribution in [0.25, 0.3) is 0 Å². The molecule has 1 aromatic heterocycles. The fraction of sp³-hybridized carbons (Fsp3) is 0.167. The molecule has 0 saturated heterocycles. The molecule has 1 heterocycles. The molecule has 0 amide bonds. The average molecular weight is 280 g/mol. The highest BCUT2D eigenvalue weighted by Gasteiger charge is 2.12. The van der Waals surface area contributed by atoms with Crippen LogP contribution in [0.3, 0.4) is 0 Å². The zero-order valence-corrected chi connectivity index (χ0v) is 8.27. The van der Waals surface area contributed by atoms with Crippen LogP contribution in [0.15, 0.2) is 6.20 Å². The van der Waals surface area contributed by atoms with Crippen molar-refractivity contribution in [2.24, 2.45) is 0 Å². The Morgan fingerprint density at radius 1 is 1.75 bits per heavy atom. The van der Waals surface area contributed by atoms with Gasteiger partial charge in [-0.15, -0.1) is 0 Å². The molecule has 0 saturated carbocycles. The van der Waals surface area contributed by atoms with E-state index in [1.165, 1.54) is 13.3 Å². The lowest BCUT2D eigenvalue weighted by Crippen LogP contribution is -2.06. The topological polar surface area (TPSA) is 72.3 Å². The Kier molecular flexibility index (Phi) is 2.79. The number of carboxylic acid groups (broad SMARTS) is 1. The number of hydrogen-bond acceptors (Lipinski definition) is 4. The van der Waals surface area contributed by atoms with Crippen molar-refractivity contribution in [1.82, 2.24) is 9.97 Å². The maximum Gasteiger partial charge on any atom is 0.357 e. The molecule has 0 spiro atoms. The number of aromatic nitrogens is 2. The van der Waals surface area contributed by atoms with E-state index in [0.29, 0.717) is 3.70 Å². The lowest BCUT2D eigenvalue weighted by Gasteiger charge is -2.00. The molecule has 1 aromatic rings. The first-order chi connectivity index (χ1) is 5.65. The molecule has 0 bridgehead atoms. The molecule has 12 heavy (non-hydrogen) atoms. The number of hydrogen-bond donors (Lipinski definition) is 1. The predicted octanol–water partition coefficient (Wildman–Crippen LogP) is 0.788. The zero-order chi connectivity index (χ0) is 9.14. The summed E-state index contributed by atoms with van der Waals surface area (Å²) in [5.74, 6) is -0.904. The molecule has 0 radical (unpaired) electrons. The molecule has 0 aliphatic heterocycles. The number of halogens is 1. The second-order valence-electron chi connectivity index (χ2n) is 1.86. The fourth-order valence-electron chi connectivity index (χ4n) is 0.593. The van der Waals surface area contributed by atoms with E-state index in [1.807, 2.05) is 0 Å². The van der Waals surface area contributed by atoms with E-state index >= 15 is 0 Å². The normalized spacial score (nSPS) is 9.50. The number of ether oxygens (including phenoxy) is 1. The van der Waals surface area contributed by atoms with Gasteiger partial charge in [0.25, 0.3) is 0 Å². The third-order valence-corrected chi connectivity index (χ3v) is 1.91. The van der Waals surface area contributed by atoms with Gasteiger partial charge in [-0.05, 0) is 22.6 Å². The highest BCUT2D eigenvalue weighted by atomic mass is 127. The summed E-state index contributed by atoms with van der Waals surface area (Å²) in [5.41, 5.74) is -0.0880. The first kappa shape index (κ1) is 9.17. The molecule has 0 unspecified atom stereocenters. The highest BCUT2D eigenvalue weighted by molar-refractivity contribution is 14.1. The first-order valence-electron chi connectivity index (χ1n) is 2.95. The summed E-state index contributed by atoms with van der Waals surface area (Å²) in [6.07, 6.45) is 1.37. The molecule has 1 N–H and O–H groups in total. The summed E-state index contributed by atoms with van der Waals surface area (Å²) >= 11 is 1.80. The van der Waals surface area contributed by atoms with Gasteiger partial charge in [0.1, 0.15) is 3.70 Å². The van der Waals surface area contributed by atoms with Gasteiger partial charge >= 0.3 is 5.97 Å². The van der Waals surface area contributed by atoms with Gasteiger partial charge < -0.3 is 9.84 Å². The maximum atomic E-state index is 10.5. The smallest absolute Gasteiger partial charge is 0.357 e. The van der Waals surface area contributed by atoms with Crippen LogP contribution in [0.2, 0.25) is 0 Å². The molecule has 0 aliphatic carbocycles. The molecule has 0 fully saturated rings. The van der Waals surface area contributed by atoms with E-state index in [0.717, 1.165) is 0 Å². The molecule has 0 aliphatic rings. The molecule has 6 heteroatoms. The average Bonchev–Trinajstić information content (AvgIpc) is 2.05. The number of carboxylic acids is 1. The van der Waals surface area contributed by atoms with Crippen molar-refractivity contribution in [3.63, 3.8) is 0 Å². The number of carbonyl (C=O) groups is 1.